The molecule has 1 aromatic heterocycles. The molecule has 1 saturated heterocycles. The number of rotatable bonds is 3. The van der Waals surface area contributed by atoms with Crippen molar-refractivity contribution < 1.29 is 8.42 Å². The highest BCUT2D eigenvalue weighted by Gasteiger charge is 2.20. The zero-order valence-electron chi connectivity index (χ0n) is 12.0. The molecule has 2 aromatic rings. The van der Waals surface area contributed by atoms with E-state index in [1.165, 1.54) is 5.69 Å². The number of nitrogens with zero attached hydrogens (tertiary/aromatic N) is 1. The van der Waals surface area contributed by atoms with Crippen molar-refractivity contribution in [1.29, 1.82) is 0 Å². The molecule has 21 heavy (non-hydrogen) atoms. The van der Waals surface area contributed by atoms with E-state index in [9.17, 15) is 8.42 Å². The Morgan fingerprint density at radius 3 is 2.67 bits per heavy atom. The van der Waals surface area contributed by atoms with Crippen molar-refractivity contribution in [3.63, 3.8) is 0 Å². The maximum absolute atomic E-state index is 11.5. The third kappa shape index (κ3) is 2.76. The van der Waals surface area contributed by atoms with Crippen LogP contribution in [0.4, 0.5) is 5.69 Å². The van der Waals surface area contributed by atoms with E-state index < -0.39 is 15.3 Å². The fraction of sp³-hybridized carbons (Fsp3) is 0.429. The Labute approximate surface area is 124 Å². The summed E-state index contributed by atoms with van der Waals surface area (Å²) in [5.74, 6) is 0. The van der Waals surface area contributed by atoms with Gasteiger partial charge in [0.25, 0.3) is 0 Å². The molecule has 0 bridgehead atoms. The average molecular weight is 308 g/mol. The van der Waals surface area contributed by atoms with E-state index >= 15 is 0 Å². The molecule has 7 heteroatoms. The first-order chi connectivity index (χ1) is 9.97. The van der Waals surface area contributed by atoms with E-state index in [2.05, 4.69) is 15.2 Å². The zero-order valence-corrected chi connectivity index (χ0v) is 12.8. The summed E-state index contributed by atoms with van der Waals surface area (Å²) in [5.41, 5.74) is 2.82. The quantitative estimate of drug-likeness (QED) is 0.786. The van der Waals surface area contributed by atoms with Gasteiger partial charge in [-0.05, 0) is 18.6 Å². The van der Waals surface area contributed by atoms with E-state index in [0.717, 1.165) is 37.1 Å². The fourth-order valence-corrected chi connectivity index (χ4v) is 3.26. The lowest BCUT2D eigenvalue weighted by Gasteiger charge is -2.28. The molecule has 1 aliphatic heterocycles. The first kappa shape index (κ1) is 14.4. The molecule has 1 aromatic carbocycles. The second-order valence-corrected chi connectivity index (χ2v) is 7.33. The number of primary sulfonamides is 1. The SMILES string of the molecule is CC(c1ccc2c(N3CCNCC3)c[nH]c2c1)S(N)(=O)=O. The van der Waals surface area contributed by atoms with Crippen LogP contribution in [0.15, 0.2) is 24.4 Å². The predicted octanol–water partition coefficient (Wildman–Crippen LogP) is 0.927. The van der Waals surface area contributed by atoms with Gasteiger partial charge in [0.2, 0.25) is 10.0 Å². The van der Waals surface area contributed by atoms with E-state index in [4.69, 9.17) is 5.14 Å². The van der Waals surface area contributed by atoms with Gasteiger partial charge in [-0.15, -0.1) is 0 Å². The molecule has 1 fully saturated rings. The molecule has 1 aliphatic rings. The van der Waals surface area contributed by atoms with Crippen LogP contribution in [0.3, 0.4) is 0 Å². The van der Waals surface area contributed by atoms with Gasteiger partial charge in [0.1, 0.15) is 0 Å². The van der Waals surface area contributed by atoms with Crippen LogP contribution in [0.25, 0.3) is 10.9 Å². The van der Waals surface area contributed by atoms with Gasteiger partial charge in [-0.2, -0.15) is 0 Å². The van der Waals surface area contributed by atoms with Gasteiger partial charge >= 0.3 is 0 Å². The largest absolute Gasteiger partial charge is 0.367 e. The molecule has 2 heterocycles. The van der Waals surface area contributed by atoms with Gasteiger partial charge in [0.15, 0.2) is 0 Å². The van der Waals surface area contributed by atoms with Crippen molar-refractivity contribution in [2.45, 2.75) is 12.2 Å². The molecule has 6 nitrogen and oxygen atoms in total. The number of hydrogen-bond donors (Lipinski definition) is 3. The van der Waals surface area contributed by atoms with Crippen LogP contribution >= 0.6 is 0 Å². The molecule has 0 spiro atoms. The summed E-state index contributed by atoms with van der Waals surface area (Å²) in [4.78, 5) is 5.57. The van der Waals surface area contributed by atoms with E-state index in [0.29, 0.717) is 5.56 Å². The lowest BCUT2D eigenvalue weighted by Crippen LogP contribution is -2.43. The van der Waals surface area contributed by atoms with Crippen molar-refractivity contribution in [2.24, 2.45) is 5.14 Å². The summed E-state index contributed by atoms with van der Waals surface area (Å²) < 4.78 is 22.9. The molecular formula is C14H20N4O2S. The van der Waals surface area contributed by atoms with Gasteiger partial charge < -0.3 is 15.2 Å². The van der Waals surface area contributed by atoms with Crippen LogP contribution < -0.4 is 15.4 Å². The molecule has 0 aliphatic carbocycles. The number of aromatic nitrogens is 1. The van der Waals surface area contributed by atoms with Crippen LogP contribution in [0.5, 0.6) is 0 Å². The standard InChI is InChI=1S/C14H20N4O2S/c1-10(21(15,19)20)11-2-3-12-13(8-11)17-9-14(12)18-6-4-16-5-7-18/h2-3,8-10,16-17H,4-7H2,1H3,(H2,15,19,20). The number of anilines is 1. The molecule has 4 N–H and O–H groups in total. The third-order valence-electron chi connectivity index (χ3n) is 4.10. The normalized spacial score (nSPS) is 18.1. The average Bonchev–Trinajstić information content (AvgIpc) is 2.89. The summed E-state index contributed by atoms with van der Waals surface area (Å²) in [5, 5.41) is 8.97. The number of fused-ring (bicyclic) bond motifs is 1. The molecule has 114 valence electrons. The minimum atomic E-state index is -3.57. The van der Waals surface area contributed by atoms with Crippen molar-refractivity contribution in [3.8, 4) is 0 Å². The van der Waals surface area contributed by atoms with E-state index in [1.54, 1.807) is 6.92 Å². The Hall–Kier alpha value is -1.57. The van der Waals surface area contributed by atoms with Gasteiger partial charge in [-0.25, -0.2) is 13.6 Å². The summed E-state index contributed by atoms with van der Waals surface area (Å²) in [6.45, 7) is 5.52. The van der Waals surface area contributed by atoms with Gasteiger partial charge in [0.05, 0.1) is 10.9 Å². The lowest BCUT2D eigenvalue weighted by molar-refractivity contribution is 0.588. The Bertz CT molecular complexity index is 747. The van der Waals surface area contributed by atoms with Crippen LogP contribution in [-0.2, 0) is 10.0 Å². The van der Waals surface area contributed by atoms with Crippen molar-refractivity contribution in [1.82, 2.24) is 10.3 Å². The molecule has 0 radical (unpaired) electrons. The highest BCUT2D eigenvalue weighted by Crippen LogP contribution is 2.30. The summed E-state index contributed by atoms with van der Waals surface area (Å²) in [6, 6.07) is 5.69. The molecule has 1 atom stereocenters. The van der Waals surface area contributed by atoms with Gasteiger partial charge in [0, 0.05) is 43.3 Å². The highest BCUT2D eigenvalue weighted by molar-refractivity contribution is 7.89. The number of nitrogens with one attached hydrogen (secondary N) is 2. The Kier molecular flexibility index (Phi) is 3.64. The summed E-state index contributed by atoms with van der Waals surface area (Å²) in [6.07, 6.45) is 1.99. The third-order valence-corrected chi connectivity index (χ3v) is 5.36. The second-order valence-electron chi connectivity index (χ2n) is 5.45. The number of nitrogens with two attached hydrogens (primary N) is 1. The zero-order chi connectivity index (χ0) is 15.0. The molecule has 1 unspecified atom stereocenters. The fourth-order valence-electron chi connectivity index (χ4n) is 2.74. The Morgan fingerprint density at radius 2 is 2.00 bits per heavy atom. The molecular weight excluding hydrogens is 288 g/mol. The number of piperazine rings is 1. The van der Waals surface area contributed by atoms with Gasteiger partial charge in [-0.3, -0.25) is 0 Å². The second kappa shape index (κ2) is 5.32. The minimum Gasteiger partial charge on any atom is -0.367 e. The van der Waals surface area contributed by atoms with Crippen molar-refractivity contribution >= 4 is 26.6 Å². The van der Waals surface area contributed by atoms with E-state index in [1.807, 2.05) is 24.4 Å². The monoisotopic (exact) mass is 308 g/mol. The Morgan fingerprint density at radius 1 is 1.29 bits per heavy atom. The number of hydrogen-bond acceptors (Lipinski definition) is 4. The maximum Gasteiger partial charge on any atom is 0.215 e. The first-order valence-electron chi connectivity index (χ1n) is 7.05. The number of benzene rings is 1. The van der Waals surface area contributed by atoms with Crippen LogP contribution in [0, 0.1) is 0 Å². The van der Waals surface area contributed by atoms with Crippen LogP contribution in [-0.4, -0.2) is 39.6 Å². The Balaban J connectivity index is 1.97. The predicted molar refractivity (Wildman–Crippen MR) is 84.9 cm³/mol. The van der Waals surface area contributed by atoms with Crippen LogP contribution in [0.2, 0.25) is 0 Å². The highest BCUT2D eigenvalue weighted by atomic mass is 32.2. The summed E-state index contributed by atoms with van der Waals surface area (Å²) in [7, 11) is -3.57. The van der Waals surface area contributed by atoms with Crippen molar-refractivity contribution in [2.75, 3.05) is 31.1 Å². The molecule has 0 amide bonds. The topological polar surface area (TPSA) is 91.2 Å². The molecule has 0 saturated carbocycles. The number of sulfonamides is 1. The molecule has 3 rings (SSSR count). The van der Waals surface area contributed by atoms with Crippen LogP contribution in [0.1, 0.15) is 17.7 Å². The lowest BCUT2D eigenvalue weighted by atomic mass is 10.1. The van der Waals surface area contributed by atoms with Gasteiger partial charge in [-0.1, -0.05) is 12.1 Å². The number of aromatic amines is 1. The minimum absolute atomic E-state index is 0.701. The smallest absolute Gasteiger partial charge is 0.215 e. The summed E-state index contributed by atoms with van der Waals surface area (Å²) >= 11 is 0. The first-order valence-corrected chi connectivity index (χ1v) is 8.66. The maximum atomic E-state index is 11.5. The number of H-pyrrole nitrogens is 1. The van der Waals surface area contributed by atoms with Crippen molar-refractivity contribution in [3.05, 3.63) is 30.0 Å². The van der Waals surface area contributed by atoms with E-state index in [-0.39, 0.29) is 0 Å².